The van der Waals surface area contributed by atoms with E-state index in [1.165, 1.54) is 25.4 Å². The number of amides is 1. The van der Waals surface area contributed by atoms with E-state index in [0.717, 1.165) is 12.8 Å². The van der Waals surface area contributed by atoms with Crippen molar-refractivity contribution in [3.05, 3.63) is 46.7 Å². The summed E-state index contributed by atoms with van der Waals surface area (Å²) in [5, 5.41) is 6.09. The van der Waals surface area contributed by atoms with Crippen LogP contribution in [0.4, 0.5) is 11.6 Å². The second-order valence-corrected chi connectivity index (χ2v) is 5.59. The number of esters is 1. The van der Waals surface area contributed by atoms with Crippen LogP contribution in [0, 0.1) is 0 Å². The molecular weight excluding hydrogens is 344 g/mol. The van der Waals surface area contributed by atoms with Crippen molar-refractivity contribution >= 4 is 35.1 Å². The summed E-state index contributed by atoms with van der Waals surface area (Å²) in [5.74, 6) is -0.551. The summed E-state index contributed by atoms with van der Waals surface area (Å²) in [6.45, 7) is 2.64. The van der Waals surface area contributed by atoms with Crippen molar-refractivity contribution in [3.63, 3.8) is 0 Å². The van der Waals surface area contributed by atoms with Gasteiger partial charge in [-0.15, -0.1) is 0 Å². The van der Waals surface area contributed by atoms with Crippen molar-refractivity contribution < 1.29 is 14.3 Å². The van der Waals surface area contributed by atoms with Crippen molar-refractivity contribution in [1.29, 1.82) is 0 Å². The molecule has 8 heteroatoms. The summed E-state index contributed by atoms with van der Waals surface area (Å²) in [5.41, 5.74) is 1.02. The highest BCUT2D eigenvalue weighted by Gasteiger charge is 2.12. The van der Waals surface area contributed by atoms with Crippen LogP contribution in [0.15, 0.2) is 30.5 Å². The minimum atomic E-state index is -0.482. The Hall–Kier alpha value is -2.67. The molecule has 25 heavy (non-hydrogen) atoms. The molecule has 0 atom stereocenters. The molecule has 0 radical (unpaired) electrons. The van der Waals surface area contributed by atoms with Gasteiger partial charge in [0.2, 0.25) is 5.95 Å². The molecule has 1 heterocycles. The highest BCUT2D eigenvalue weighted by molar-refractivity contribution is 6.33. The monoisotopic (exact) mass is 362 g/mol. The van der Waals surface area contributed by atoms with Gasteiger partial charge in [0.05, 0.1) is 23.4 Å². The highest BCUT2D eigenvalue weighted by atomic mass is 35.5. The van der Waals surface area contributed by atoms with E-state index < -0.39 is 5.97 Å². The average molecular weight is 363 g/mol. The van der Waals surface area contributed by atoms with Gasteiger partial charge in [-0.1, -0.05) is 24.9 Å². The SMILES string of the molecule is CCCCNC(=O)c1ccnc(Nc2cc(C(=O)OC)ccc2Cl)n1. The Morgan fingerprint density at radius 1 is 1.28 bits per heavy atom. The largest absolute Gasteiger partial charge is 0.465 e. The minimum Gasteiger partial charge on any atom is -0.465 e. The summed E-state index contributed by atoms with van der Waals surface area (Å²) in [6.07, 6.45) is 3.37. The molecule has 0 unspecified atom stereocenters. The van der Waals surface area contributed by atoms with E-state index in [2.05, 4.69) is 25.3 Å². The van der Waals surface area contributed by atoms with E-state index in [1.807, 2.05) is 6.92 Å². The quantitative estimate of drug-likeness (QED) is 0.580. The molecule has 0 fully saturated rings. The van der Waals surface area contributed by atoms with Crippen LogP contribution in [0.2, 0.25) is 5.02 Å². The van der Waals surface area contributed by atoms with Crippen molar-refractivity contribution in [2.24, 2.45) is 0 Å². The fourth-order valence-corrected chi connectivity index (χ4v) is 2.17. The number of nitrogens with zero attached hydrogens (tertiary/aromatic N) is 2. The third-order valence-electron chi connectivity index (χ3n) is 3.34. The Bertz CT molecular complexity index is 767. The first-order valence-electron chi connectivity index (χ1n) is 7.81. The number of ether oxygens (including phenoxy) is 1. The van der Waals surface area contributed by atoms with Crippen LogP contribution >= 0.6 is 11.6 Å². The van der Waals surface area contributed by atoms with Crippen molar-refractivity contribution in [2.45, 2.75) is 19.8 Å². The van der Waals surface area contributed by atoms with E-state index >= 15 is 0 Å². The molecule has 2 rings (SSSR count). The maximum absolute atomic E-state index is 12.1. The zero-order valence-corrected chi connectivity index (χ0v) is 14.8. The fourth-order valence-electron chi connectivity index (χ4n) is 2.00. The smallest absolute Gasteiger partial charge is 0.337 e. The molecule has 0 bridgehead atoms. The van der Waals surface area contributed by atoms with E-state index in [1.54, 1.807) is 12.1 Å². The molecule has 2 N–H and O–H groups in total. The van der Waals surface area contributed by atoms with Gasteiger partial charge >= 0.3 is 5.97 Å². The number of hydrogen-bond acceptors (Lipinski definition) is 6. The molecule has 1 aromatic heterocycles. The first-order valence-corrected chi connectivity index (χ1v) is 8.19. The van der Waals surface area contributed by atoms with Crippen LogP contribution in [-0.2, 0) is 4.74 Å². The van der Waals surface area contributed by atoms with E-state index in [4.69, 9.17) is 11.6 Å². The topological polar surface area (TPSA) is 93.2 Å². The second kappa shape index (κ2) is 8.98. The maximum Gasteiger partial charge on any atom is 0.337 e. The Morgan fingerprint density at radius 3 is 2.80 bits per heavy atom. The number of aromatic nitrogens is 2. The molecule has 7 nitrogen and oxygen atoms in total. The average Bonchev–Trinajstić information content (AvgIpc) is 2.63. The van der Waals surface area contributed by atoms with E-state index in [0.29, 0.717) is 22.8 Å². The van der Waals surface area contributed by atoms with Gasteiger partial charge in [-0.05, 0) is 30.7 Å². The molecule has 1 aromatic carbocycles. The highest BCUT2D eigenvalue weighted by Crippen LogP contribution is 2.25. The van der Waals surface area contributed by atoms with Crippen LogP contribution in [0.5, 0.6) is 0 Å². The molecular formula is C17H19ClN4O3. The van der Waals surface area contributed by atoms with Crippen LogP contribution in [0.1, 0.15) is 40.6 Å². The first kappa shape index (κ1) is 18.7. The van der Waals surface area contributed by atoms with Crippen molar-refractivity contribution in [2.75, 3.05) is 19.0 Å². The fraction of sp³-hybridized carbons (Fsp3) is 0.294. The lowest BCUT2D eigenvalue weighted by Gasteiger charge is -2.09. The lowest BCUT2D eigenvalue weighted by molar-refractivity contribution is 0.0600. The van der Waals surface area contributed by atoms with Gasteiger partial charge in [0.1, 0.15) is 5.69 Å². The number of carbonyl (C=O) groups is 2. The predicted octanol–water partition coefficient (Wildman–Crippen LogP) is 3.19. The van der Waals surface area contributed by atoms with Gasteiger partial charge in [0, 0.05) is 12.7 Å². The second-order valence-electron chi connectivity index (χ2n) is 5.19. The Kier molecular flexibility index (Phi) is 6.71. The molecule has 1 amide bonds. The summed E-state index contributed by atoms with van der Waals surface area (Å²) in [4.78, 5) is 31.9. The van der Waals surface area contributed by atoms with Gasteiger partial charge in [0.25, 0.3) is 5.91 Å². The summed E-state index contributed by atoms with van der Waals surface area (Å²) in [6, 6.07) is 6.18. The Morgan fingerprint density at radius 2 is 2.08 bits per heavy atom. The number of unbranched alkanes of at least 4 members (excludes halogenated alkanes) is 1. The zero-order chi connectivity index (χ0) is 18.2. The maximum atomic E-state index is 12.1. The normalized spacial score (nSPS) is 10.2. The molecule has 0 saturated heterocycles. The third kappa shape index (κ3) is 5.15. The molecule has 0 saturated carbocycles. The van der Waals surface area contributed by atoms with Gasteiger partial charge in [-0.3, -0.25) is 4.79 Å². The predicted molar refractivity (Wildman–Crippen MR) is 95.3 cm³/mol. The summed E-state index contributed by atoms with van der Waals surface area (Å²) in [7, 11) is 1.30. The molecule has 132 valence electrons. The Labute approximate surface area is 150 Å². The van der Waals surface area contributed by atoms with Crippen LogP contribution in [0.3, 0.4) is 0 Å². The number of hydrogen-bond donors (Lipinski definition) is 2. The zero-order valence-electron chi connectivity index (χ0n) is 14.0. The van der Waals surface area contributed by atoms with Gasteiger partial charge in [-0.2, -0.15) is 0 Å². The summed E-state index contributed by atoms with van der Waals surface area (Å²) >= 11 is 6.13. The Balaban J connectivity index is 2.17. The van der Waals surface area contributed by atoms with Gasteiger partial charge < -0.3 is 15.4 Å². The van der Waals surface area contributed by atoms with Crippen molar-refractivity contribution in [3.8, 4) is 0 Å². The number of carbonyl (C=O) groups excluding carboxylic acids is 2. The number of nitrogens with one attached hydrogen (secondary N) is 2. The van der Waals surface area contributed by atoms with E-state index in [-0.39, 0.29) is 17.5 Å². The molecule has 0 spiro atoms. The summed E-state index contributed by atoms with van der Waals surface area (Å²) < 4.78 is 4.68. The number of methoxy groups -OCH3 is 1. The molecule has 0 aliphatic rings. The number of halogens is 1. The number of anilines is 2. The van der Waals surface area contributed by atoms with Crippen LogP contribution < -0.4 is 10.6 Å². The molecule has 0 aliphatic heterocycles. The first-order chi connectivity index (χ1) is 12.0. The van der Waals surface area contributed by atoms with Crippen LogP contribution in [-0.4, -0.2) is 35.5 Å². The number of benzene rings is 1. The lowest BCUT2D eigenvalue weighted by Crippen LogP contribution is -2.25. The minimum absolute atomic E-state index is 0.201. The molecule has 2 aromatic rings. The van der Waals surface area contributed by atoms with Gasteiger partial charge in [0.15, 0.2) is 0 Å². The third-order valence-corrected chi connectivity index (χ3v) is 3.67. The molecule has 0 aliphatic carbocycles. The van der Waals surface area contributed by atoms with Crippen LogP contribution in [0.25, 0.3) is 0 Å². The van der Waals surface area contributed by atoms with E-state index in [9.17, 15) is 9.59 Å². The van der Waals surface area contributed by atoms with Gasteiger partial charge in [-0.25, -0.2) is 14.8 Å². The number of rotatable bonds is 7. The standard InChI is InChI=1S/C17H19ClN4O3/c1-3-4-8-19-15(23)13-7-9-20-17(21-13)22-14-10-11(16(24)25-2)5-6-12(14)18/h5-7,9-10H,3-4,8H2,1-2H3,(H,19,23)(H,20,21,22). The van der Waals surface area contributed by atoms with Crippen molar-refractivity contribution in [1.82, 2.24) is 15.3 Å². The lowest BCUT2D eigenvalue weighted by atomic mass is 10.2.